The molecule has 1 aromatic carbocycles. The van der Waals surface area contributed by atoms with Crippen LogP contribution in [0.3, 0.4) is 0 Å². The van der Waals surface area contributed by atoms with Crippen LogP contribution in [0.15, 0.2) is 18.2 Å². The molecule has 1 unspecified atom stereocenters. The molecule has 0 saturated heterocycles. The predicted octanol–water partition coefficient (Wildman–Crippen LogP) is 3.85. The van der Waals surface area contributed by atoms with Crippen molar-refractivity contribution in [1.82, 2.24) is 9.88 Å². The van der Waals surface area contributed by atoms with Crippen LogP contribution in [-0.4, -0.2) is 28.4 Å². The van der Waals surface area contributed by atoms with Gasteiger partial charge in [-0.25, -0.2) is 0 Å². The summed E-state index contributed by atoms with van der Waals surface area (Å²) >= 11 is 0. The van der Waals surface area contributed by atoms with Crippen molar-refractivity contribution in [1.29, 1.82) is 0 Å². The minimum atomic E-state index is -0.341. The van der Waals surface area contributed by atoms with Crippen molar-refractivity contribution in [2.24, 2.45) is 0 Å². The van der Waals surface area contributed by atoms with Crippen molar-refractivity contribution in [3.8, 4) is 0 Å². The zero-order valence-electron chi connectivity index (χ0n) is 14.7. The van der Waals surface area contributed by atoms with Gasteiger partial charge in [-0.15, -0.1) is 0 Å². The minimum Gasteiger partial charge on any atom is -0.390 e. The number of aryl methyl sites for hydroxylation is 2. The Balaban J connectivity index is 1.69. The number of hydrogen-bond acceptors (Lipinski definition) is 2. The Labute approximate surface area is 139 Å². The molecule has 2 N–H and O–H groups in total. The molecule has 0 bridgehead atoms. The molecule has 0 spiro atoms. The highest BCUT2D eigenvalue weighted by molar-refractivity contribution is 5.85. The Morgan fingerprint density at radius 1 is 1.17 bits per heavy atom. The Hall–Kier alpha value is -1.32. The highest BCUT2D eigenvalue weighted by atomic mass is 16.3. The lowest BCUT2D eigenvalue weighted by Crippen LogP contribution is -2.38. The minimum absolute atomic E-state index is 0.341. The average Bonchev–Trinajstić information content (AvgIpc) is 2.79. The predicted molar refractivity (Wildman–Crippen MR) is 97.0 cm³/mol. The molecule has 3 nitrogen and oxygen atoms in total. The van der Waals surface area contributed by atoms with Crippen LogP contribution in [0.2, 0.25) is 0 Å². The molecule has 126 valence electrons. The quantitative estimate of drug-likeness (QED) is 0.879. The number of benzene rings is 1. The van der Waals surface area contributed by atoms with E-state index in [2.05, 4.69) is 48.9 Å². The normalized spacial score (nSPS) is 17.7. The summed E-state index contributed by atoms with van der Waals surface area (Å²) in [6.45, 7) is 7.83. The molecule has 3 rings (SSSR count). The molecule has 1 aromatic heterocycles. The molecule has 2 aromatic rings. The highest BCUT2D eigenvalue weighted by Crippen LogP contribution is 2.26. The molecule has 1 fully saturated rings. The summed E-state index contributed by atoms with van der Waals surface area (Å²) in [5.41, 5.74) is 5.12. The lowest BCUT2D eigenvalue weighted by atomic mass is 9.95. The van der Waals surface area contributed by atoms with Crippen LogP contribution < -0.4 is 5.32 Å². The van der Waals surface area contributed by atoms with Crippen molar-refractivity contribution in [3.05, 3.63) is 35.0 Å². The largest absolute Gasteiger partial charge is 0.390 e. The third kappa shape index (κ3) is 3.61. The number of aliphatic hydroxyl groups is 1. The van der Waals surface area contributed by atoms with Gasteiger partial charge in [0, 0.05) is 29.2 Å². The van der Waals surface area contributed by atoms with Crippen LogP contribution in [0.1, 0.15) is 48.9 Å². The molecule has 1 saturated carbocycles. The number of aliphatic hydroxyl groups excluding tert-OH is 1. The van der Waals surface area contributed by atoms with Gasteiger partial charge >= 0.3 is 0 Å². The summed E-state index contributed by atoms with van der Waals surface area (Å²) < 4.78 is 2.28. The Morgan fingerprint density at radius 3 is 2.65 bits per heavy atom. The van der Waals surface area contributed by atoms with Gasteiger partial charge in [0.15, 0.2) is 0 Å². The number of fused-ring (bicyclic) bond motifs is 1. The van der Waals surface area contributed by atoms with E-state index in [0.717, 1.165) is 0 Å². The summed E-state index contributed by atoms with van der Waals surface area (Å²) in [5.74, 6) is 0. The van der Waals surface area contributed by atoms with Crippen molar-refractivity contribution in [2.45, 2.75) is 71.6 Å². The number of nitrogens with zero attached hydrogens (tertiary/aromatic N) is 1. The third-order valence-corrected chi connectivity index (χ3v) is 5.44. The van der Waals surface area contributed by atoms with E-state index >= 15 is 0 Å². The van der Waals surface area contributed by atoms with Gasteiger partial charge in [-0.3, -0.25) is 0 Å². The smallest absolute Gasteiger partial charge is 0.0843 e. The van der Waals surface area contributed by atoms with Gasteiger partial charge in [-0.2, -0.15) is 0 Å². The zero-order valence-corrected chi connectivity index (χ0v) is 14.7. The fourth-order valence-corrected chi connectivity index (χ4v) is 3.88. The maximum Gasteiger partial charge on any atom is 0.0843 e. The second-order valence-corrected chi connectivity index (χ2v) is 7.24. The van der Waals surface area contributed by atoms with E-state index in [-0.39, 0.29) is 6.10 Å². The molecule has 0 amide bonds. The van der Waals surface area contributed by atoms with Gasteiger partial charge in [0.05, 0.1) is 12.6 Å². The number of nitrogens with one attached hydrogen (secondary N) is 1. The summed E-state index contributed by atoms with van der Waals surface area (Å²) in [5, 5.41) is 15.4. The molecule has 1 atom stereocenters. The Morgan fingerprint density at radius 2 is 1.91 bits per heavy atom. The van der Waals surface area contributed by atoms with Gasteiger partial charge < -0.3 is 15.0 Å². The van der Waals surface area contributed by atoms with E-state index in [1.807, 2.05) is 0 Å². The first kappa shape index (κ1) is 16.5. The molecule has 1 aliphatic carbocycles. The maximum absolute atomic E-state index is 10.5. The molecule has 1 heterocycles. The third-order valence-electron chi connectivity index (χ3n) is 5.44. The number of hydrogen-bond donors (Lipinski definition) is 2. The topological polar surface area (TPSA) is 37.2 Å². The van der Waals surface area contributed by atoms with E-state index in [0.29, 0.717) is 19.1 Å². The van der Waals surface area contributed by atoms with Gasteiger partial charge in [-0.05, 0) is 51.3 Å². The number of aromatic nitrogens is 1. The zero-order chi connectivity index (χ0) is 16.4. The summed E-state index contributed by atoms with van der Waals surface area (Å²) in [6, 6.07) is 7.20. The molecule has 0 radical (unpaired) electrons. The van der Waals surface area contributed by atoms with Crippen LogP contribution in [0.5, 0.6) is 0 Å². The fourth-order valence-electron chi connectivity index (χ4n) is 3.88. The monoisotopic (exact) mass is 314 g/mol. The standard InChI is InChI=1S/C20H30N2O/c1-14-9-10-20-19(11-14)15(2)16(3)22(20)13-18(23)12-21-17-7-5-4-6-8-17/h9-11,17-18,21,23H,4-8,12-13H2,1-3H3. The van der Waals surface area contributed by atoms with Crippen molar-refractivity contribution in [2.75, 3.05) is 6.54 Å². The first-order chi connectivity index (χ1) is 11.1. The fraction of sp³-hybridized carbons (Fsp3) is 0.600. The average molecular weight is 314 g/mol. The van der Waals surface area contributed by atoms with Crippen LogP contribution in [0.4, 0.5) is 0 Å². The van der Waals surface area contributed by atoms with E-state index in [9.17, 15) is 5.11 Å². The van der Waals surface area contributed by atoms with Gasteiger partial charge in [-0.1, -0.05) is 30.9 Å². The van der Waals surface area contributed by atoms with Crippen LogP contribution >= 0.6 is 0 Å². The Kier molecular flexibility index (Phi) is 5.08. The molecule has 3 heteroatoms. The SMILES string of the molecule is Cc1ccc2c(c1)c(C)c(C)n2CC(O)CNC1CCCCC1. The van der Waals surface area contributed by atoms with Crippen LogP contribution in [0, 0.1) is 20.8 Å². The second kappa shape index (κ2) is 7.06. The lowest BCUT2D eigenvalue weighted by Gasteiger charge is -2.24. The van der Waals surface area contributed by atoms with Crippen molar-refractivity contribution < 1.29 is 5.11 Å². The van der Waals surface area contributed by atoms with Gasteiger partial charge in [0.25, 0.3) is 0 Å². The van der Waals surface area contributed by atoms with Crippen LogP contribution in [0.25, 0.3) is 10.9 Å². The van der Waals surface area contributed by atoms with Crippen molar-refractivity contribution in [3.63, 3.8) is 0 Å². The van der Waals surface area contributed by atoms with Gasteiger partial charge in [0.1, 0.15) is 0 Å². The van der Waals surface area contributed by atoms with Gasteiger partial charge in [0.2, 0.25) is 0 Å². The summed E-state index contributed by atoms with van der Waals surface area (Å²) in [6.07, 6.45) is 6.20. The first-order valence-corrected chi connectivity index (χ1v) is 9.03. The van der Waals surface area contributed by atoms with E-state index in [1.165, 1.54) is 59.8 Å². The van der Waals surface area contributed by atoms with E-state index in [1.54, 1.807) is 0 Å². The summed E-state index contributed by atoms with van der Waals surface area (Å²) in [4.78, 5) is 0. The lowest BCUT2D eigenvalue weighted by molar-refractivity contribution is 0.145. The molecule has 1 aliphatic rings. The maximum atomic E-state index is 10.5. The molecular formula is C20H30N2O. The first-order valence-electron chi connectivity index (χ1n) is 9.03. The summed E-state index contributed by atoms with van der Waals surface area (Å²) in [7, 11) is 0. The molecular weight excluding hydrogens is 284 g/mol. The van der Waals surface area contributed by atoms with E-state index < -0.39 is 0 Å². The molecule has 23 heavy (non-hydrogen) atoms. The number of rotatable bonds is 5. The van der Waals surface area contributed by atoms with Crippen LogP contribution in [-0.2, 0) is 6.54 Å². The highest BCUT2D eigenvalue weighted by Gasteiger charge is 2.17. The van der Waals surface area contributed by atoms with E-state index in [4.69, 9.17) is 0 Å². The Bertz CT molecular complexity index is 668. The van der Waals surface area contributed by atoms with Crippen molar-refractivity contribution >= 4 is 10.9 Å². The second-order valence-electron chi connectivity index (χ2n) is 7.24. The molecule has 0 aliphatic heterocycles.